The lowest BCUT2D eigenvalue weighted by atomic mass is 9.94. The van der Waals surface area contributed by atoms with Gasteiger partial charge < -0.3 is 15.2 Å². The number of rotatable bonds is 5. The standard InChI is InChI=1S/C18H23NO3/c1-21-15-8-9-16(12-6-7-13(10-12)18(19)20)17(11-15)22-14-4-2-3-5-14/h7-9,11-12,14H,2-6,10H2,1H3,(H2,19,20). The minimum absolute atomic E-state index is 0.268. The number of nitrogens with two attached hydrogens (primary N) is 1. The minimum Gasteiger partial charge on any atom is -0.497 e. The van der Waals surface area contributed by atoms with Gasteiger partial charge in [0.2, 0.25) is 5.91 Å². The molecule has 1 amide bonds. The fourth-order valence-electron chi connectivity index (χ4n) is 3.42. The summed E-state index contributed by atoms with van der Waals surface area (Å²) in [6, 6.07) is 5.99. The van der Waals surface area contributed by atoms with Crippen molar-refractivity contribution in [1.82, 2.24) is 0 Å². The summed E-state index contributed by atoms with van der Waals surface area (Å²) in [4.78, 5) is 11.3. The van der Waals surface area contributed by atoms with Crippen LogP contribution in [0.5, 0.6) is 11.5 Å². The summed E-state index contributed by atoms with van der Waals surface area (Å²) in [5, 5.41) is 0. The monoisotopic (exact) mass is 301 g/mol. The van der Waals surface area contributed by atoms with E-state index in [0.717, 1.165) is 41.9 Å². The fraction of sp³-hybridized carbons (Fsp3) is 0.500. The lowest BCUT2D eigenvalue weighted by Gasteiger charge is -2.20. The van der Waals surface area contributed by atoms with E-state index < -0.39 is 0 Å². The van der Waals surface area contributed by atoms with Crippen LogP contribution in [0.15, 0.2) is 29.8 Å². The molecule has 1 atom stereocenters. The molecule has 2 aliphatic rings. The summed E-state index contributed by atoms with van der Waals surface area (Å²) in [6.07, 6.45) is 8.50. The Morgan fingerprint density at radius 3 is 2.68 bits per heavy atom. The highest BCUT2D eigenvalue weighted by molar-refractivity contribution is 5.92. The summed E-state index contributed by atoms with van der Waals surface area (Å²) in [6.45, 7) is 0. The Kier molecular flexibility index (Phi) is 4.36. The molecular formula is C18H23NO3. The molecule has 1 fully saturated rings. The normalized spacial score (nSPS) is 21.7. The van der Waals surface area contributed by atoms with Crippen molar-refractivity contribution in [3.63, 3.8) is 0 Å². The predicted octanol–water partition coefficient (Wildman–Crippen LogP) is 3.31. The first-order valence-corrected chi connectivity index (χ1v) is 8.01. The Morgan fingerprint density at radius 1 is 1.27 bits per heavy atom. The van der Waals surface area contributed by atoms with Gasteiger partial charge in [-0.3, -0.25) is 4.79 Å². The SMILES string of the molecule is COc1ccc(C2CC=C(C(N)=O)C2)c(OC2CCCC2)c1. The molecule has 2 aliphatic carbocycles. The maximum atomic E-state index is 11.3. The summed E-state index contributed by atoms with van der Waals surface area (Å²) < 4.78 is 11.6. The van der Waals surface area contributed by atoms with Gasteiger partial charge in [0.15, 0.2) is 0 Å². The second-order valence-electron chi connectivity index (χ2n) is 6.16. The van der Waals surface area contributed by atoms with E-state index in [0.29, 0.717) is 12.5 Å². The molecule has 1 saturated carbocycles. The molecule has 0 spiro atoms. The first-order chi connectivity index (χ1) is 10.7. The second-order valence-corrected chi connectivity index (χ2v) is 6.16. The van der Waals surface area contributed by atoms with Gasteiger partial charge in [-0.15, -0.1) is 0 Å². The molecule has 4 heteroatoms. The molecule has 118 valence electrons. The van der Waals surface area contributed by atoms with Crippen LogP contribution in [0, 0.1) is 0 Å². The third-order valence-corrected chi connectivity index (χ3v) is 4.69. The van der Waals surface area contributed by atoms with Crippen LogP contribution >= 0.6 is 0 Å². The van der Waals surface area contributed by atoms with Crippen LogP contribution < -0.4 is 15.2 Å². The molecule has 0 radical (unpaired) electrons. The largest absolute Gasteiger partial charge is 0.497 e. The maximum Gasteiger partial charge on any atom is 0.244 e. The summed E-state index contributed by atoms with van der Waals surface area (Å²) in [5.41, 5.74) is 7.28. The molecule has 0 saturated heterocycles. The predicted molar refractivity (Wildman–Crippen MR) is 85.1 cm³/mol. The summed E-state index contributed by atoms with van der Waals surface area (Å²) in [7, 11) is 1.66. The number of primary amides is 1. The van der Waals surface area contributed by atoms with E-state index in [4.69, 9.17) is 15.2 Å². The van der Waals surface area contributed by atoms with E-state index in [-0.39, 0.29) is 11.8 Å². The van der Waals surface area contributed by atoms with Gasteiger partial charge in [0.05, 0.1) is 13.2 Å². The van der Waals surface area contributed by atoms with E-state index in [2.05, 4.69) is 6.07 Å². The topological polar surface area (TPSA) is 61.5 Å². The molecule has 1 unspecified atom stereocenters. The molecule has 0 aliphatic heterocycles. The van der Waals surface area contributed by atoms with E-state index in [9.17, 15) is 4.79 Å². The highest BCUT2D eigenvalue weighted by Crippen LogP contribution is 2.41. The van der Waals surface area contributed by atoms with E-state index in [1.807, 2.05) is 18.2 Å². The van der Waals surface area contributed by atoms with Crippen molar-refractivity contribution >= 4 is 5.91 Å². The van der Waals surface area contributed by atoms with Gasteiger partial charge in [-0.25, -0.2) is 0 Å². The maximum absolute atomic E-state index is 11.3. The van der Waals surface area contributed by atoms with E-state index >= 15 is 0 Å². The van der Waals surface area contributed by atoms with Crippen molar-refractivity contribution in [2.45, 2.75) is 50.5 Å². The third-order valence-electron chi connectivity index (χ3n) is 4.69. The summed E-state index contributed by atoms with van der Waals surface area (Å²) in [5.74, 6) is 1.66. The number of allylic oxidation sites excluding steroid dienone is 1. The first-order valence-electron chi connectivity index (χ1n) is 8.01. The number of hydrogen-bond acceptors (Lipinski definition) is 3. The lowest BCUT2D eigenvalue weighted by molar-refractivity contribution is -0.114. The highest BCUT2D eigenvalue weighted by Gasteiger charge is 2.26. The molecule has 4 nitrogen and oxygen atoms in total. The van der Waals surface area contributed by atoms with Crippen molar-refractivity contribution in [2.24, 2.45) is 5.73 Å². The minimum atomic E-state index is -0.311. The molecule has 0 heterocycles. The van der Waals surface area contributed by atoms with Gasteiger partial charge in [0, 0.05) is 11.6 Å². The van der Waals surface area contributed by atoms with Crippen LogP contribution in [-0.4, -0.2) is 19.1 Å². The Labute approximate surface area is 131 Å². The van der Waals surface area contributed by atoms with Crippen molar-refractivity contribution < 1.29 is 14.3 Å². The van der Waals surface area contributed by atoms with Crippen LogP contribution in [-0.2, 0) is 4.79 Å². The van der Waals surface area contributed by atoms with Crippen molar-refractivity contribution in [3.8, 4) is 11.5 Å². The van der Waals surface area contributed by atoms with Gasteiger partial charge >= 0.3 is 0 Å². The first kappa shape index (κ1) is 14.9. The Hall–Kier alpha value is -1.97. The smallest absolute Gasteiger partial charge is 0.244 e. The van der Waals surface area contributed by atoms with Gasteiger partial charge in [-0.1, -0.05) is 12.1 Å². The number of benzene rings is 1. The van der Waals surface area contributed by atoms with Crippen molar-refractivity contribution in [1.29, 1.82) is 0 Å². The second kappa shape index (κ2) is 6.42. The van der Waals surface area contributed by atoms with Gasteiger partial charge in [0.1, 0.15) is 11.5 Å². The van der Waals surface area contributed by atoms with Gasteiger partial charge in [-0.05, 0) is 56.1 Å². The molecule has 1 aromatic carbocycles. The number of ether oxygens (including phenoxy) is 2. The molecule has 1 aromatic rings. The van der Waals surface area contributed by atoms with E-state index in [1.54, 1.807) is 7.11 Å². The summed E-state index contributed by atoms with van der Waals surface area (Å²) >= 11 is 0. The zero-order chi connectivity index (χ0) is 15.5. The Bertz CT molecular complexity index is 588. The van der Waals surface area contributed by atoms with Crippen molar-refractivity contribution in [3.05, 3.63) is 35.4 Å². The lowest BCUT2D eigenvalue weighted by Crippen LogP contribution is -2.14. The third kappa shape index (κ3) is 3.11. The number of methoxy groups -OCH3 is 1. The average Bonchev–Trinajstić information content (AvgIpc) is 3.18. The number of hydrogen-bond donors (Lipinski definition) is 1. The Balaban J connectivity index is 1.82. The highest BCUT2D eigenvalue weighted by atomic mass is 16.5. The molecule has 0 bridgehead atoms. The molecule has 0 aromatic heterocycles. The zero-order valence-corrected chi connectivity index (χ0v) is 13.0. The van der Waals surface area contributed by atoms with Crippen LogP contribution in [0.2, 0.25) is 0 Å². The van der Waals surface area contributed by atoms with Crippen LogP contribution in [0.1, 0.15) is 50.0 Å². The van der Waals surface area contributed by atoms with Gasteiger partial charge in [-0.2, -0.15) is 0 Å². The van der Waals surface area contributed by atoms with Crippen LogP contribution in [0.3, 0.4) is 0 Å². The number of amides is 1. The fourth-order valence-corrected chi connectivity index (χ4v) is 3.42. The van der Waals surface area contributed by atoms with Crippen LogP contribution in [0.25, 0.3) is 0 Å². The molecule has 2 N–H and O–H groups in total. The quantitative estimate of drug-likeness (QED) is 0.907. The average molecular weight is 301 g/mol. The molecular weight excluding hydrogens is 278 g/mol. The zero-order valence-electron chi connectivity index (χ0n) is 13.0. The number of carbonyl (C=O) groups is 1. The molecule has 3 rings (SSSR count). The molecule has 22 heavy (non-hydrogen) atoms. The van der Waals surface area contributed by atoms with Gasteiger partial charge in [0.25, 0.3) is 0 Å². The Morgan fingerprint density at radius 2 is 2.05 bits per heavy atom. The van der Waals surface area contributed by atoms with Crippen LogP contribution in [0.4, 0.5) is 0 Å². The number of carbonyl (C=O) groups excluding carboxylic acids is 1. The van der Waals surface area contributed by atoms with E-state index in [1.165, 1.54) is 12.8 Å². The van der Waals surface area contributed by atoms with Crippen molar-refractivity contribution in [2.75, 3.05) is 7.11 Å².